The molecule has 2 amide bonds. The molecule has 12 heteroatoms. The van der Waals surface area contributed by atoms with Gasteiger partial charge >= 0.3 is 11.7 Å². The highest BCUT2D eigenvalue weighted by Crippen LogP contribution is 2.32. The Balaban J connectivity index is 2.46. The highest BCUT2D eigenvalue weighted by Gasteiger charge is 2.29. The fourth-order valence-electron chi connectivity index (χ4n) is 2.59. The Morgan fingerprint density at radius 2 is 1.65 bits per heavy atom. The molecule has 0 unspecified atom stereocenters. The zero-order valence-corrected chi connectivity index (χ0v) is 16.3. The van der Waals surface area contributed by atoms with Crippen LogP contribution in [0.3, 0.4) is 0 Å². The summed E-state index contributed by atoms with van der Waals surface area (Å²) in [7, 11) is 0. The molecule has 2 aromatic carbocycles. The second kappa shape index (κ2) is 9.91. The van der Waals surface area contributed by atoms with E-state index in [1.54, 1.807) is 19.1 Å². The van der Waals surface area contributed by atoms with Crippen LogP contribution in [0.2, 0.25) is 0 Å². The van der Waals surface area contributed by atoms with Crippen LogP contribution in [0, 0.1) is 27.2 Å². The summed E-state index contributed by atoms with van der Waals surface area (Å²) in [6, 6.07) is 8.81. The molecule has 0 saturated heterocycles. The lowest BCUT2D eigenvalue weighted by atomic mass is 10.1. The number of non-ortho nitro benzene ring substituents is 1. The average Bonchev–Trinajstić information content (AvgIpc) is 2.71. The largest absolute Gasteiger partial charge is 0.481 e. The van der Waals surface area contributed by atoms with Crippen molar-refractivity contribution < 1.29 is 29.3 Å². The van der Waals surface area contributed by atoms with Gasteiger partial charge in [0.1, 0.15) is 5.69 Å². The van der Waals surface area contributed by atoms with Crippen LogP contribution < -0.4 is 10.4 Å². The van der Waals surface area contributed by atoms with Gasteiger partial charge in [0.05, 0.1) is 15.9 Å². The first-order valence-corrected chi connectivity index (χ1v) is 8.95. The smallest absolute Gasteiger partial charge is 0.303 e. The molecule has 0 heterocycles. The van der Waals surface area contributed by atoms with Gasteiger partial charge in [-0.1, -0.05) is 17.7 Å². The minimum absolute atomic E-state index is 0.0178. The van der Waals surface area contributed by atoms with Crippen LogP contribution in [0.5, 0.6) is 0 Å². The summed E-state index contributed by atoms with van der Waals surface area (Å²) in [5.41, 5.74) is 1.48. The van der Waals surface area contributed by atoms with Crippen molar-refractivity contribution >= 4 is 34.8 Å². The third kappa shape index (κ3) is 6.06. The van der Waals surface area contributed by atoms with Crippen LogP contribution in [-0.2, 0) is 9.59 Å². The first-order valence-electron chi connectivity index (χ1n) is 8.95. The first kappa shape index (κ1) is 22.9. The molecule has 2 rings (SSSR count). The van der Waals surface area contributed by atoms with Crippen molar-refractivity contribution in [2.45, 2.75) is 26.2 Å². The van der Waals surface area contributed by atoms with Crippen molar-refractivity contribution in [3.63, 3.8) is 0 Å². The van der Waals surface area contributed by atoms with Gasteiger partial charge in [0, 0.05) is 24.5 Å². The first-order chi connectivity index (χ1) is 14.6. The molecular weight excluding hydrogens is 412 g/mol. The van der Waals surface area contributed by atoms with Crippen LogP contribution in [0.4, 0.5) is 17.1 Å². The third-order valence-electron chi connectivity index (χ3n) is 4.14. The maximum absolute atomic E-state index is 13.0. The van der Waals surface area contributed by atoms with E-state index in [9.17, 15) is 34.6 Å². The average molecular weight is 430 g/mol. The van der Waals surface area contributed by atoms with Gasteiger partial charge in [-0.15, -0.1) is 0 Å². The standard InChI is InChI=1S/C19H18N4O8/c1-12-5-7-13(8-6-12)19(27)21(20-17(24)3-2-4-18(25)26)15-10-9-14(22(28)29)11-16(15)23(30)31/h5-11H,2-4H2,1H3,(H,20,24)(H,25,26). The molecule has 0 fully saturated rings. The summed E-state index contributed by atoms with van der Waals surface area (Å²) in [4.78, 5) is 56.7. The van der Waals surface area contributed by atoms with Crippen molar-refractivity contribution in [1.82, 2.24) is 5.43 Å². The Kier molecular flexibility index (Phi) is 7.33. The number of nitro benzene ring substituents is 2. The molecule has 162 valence electrons. The summed E-state index contributed by atoms with van der Waals surface area (Å²) in [6.45, 7) is 1.79. The fraction of sp³-hybridized carbons (Fsp3) is 0.211. The predicted octanol–water partition coefficient (Wildman–Crippen LogP) is 2.74. The second-order valence-electron chi connectivity index (χ2n) is 6.48. The number of carbonyl (C=O) groups excluding carboxylic acids is 2. The van der Waals surface area contributed by atoms with Gasteiger partial charge < -0.3 is 5.11 Å². The van der Waals surface area contributed by atoms with Crippen LogP contribution in [0.15, 0.2) is 42.5 Å². The lowest BCUT2D eigenvalue weighted by Gasteiger charge is -2.23. The molecule has 2 aromatic rings. The van der Waals surface area contributed by atoms with Crippen LogP contribution in [0.1, 0.15) is 35.2 Å². The molecule has 0 saturated carbocycles. The number of nitrogens with zero attached hydrogens (tertiary/aromatic N) is 3. The van der Waals surface area contributed by atoms with Crippen LogP contribution in [0.25, 0.3) is 0 Å². The van der Waals surface area contributed by atoms with E-state index in [1.165, 1.54) is 12.1 Å². The van der Waals surface area contributed by atoms with Gasteiger partial charge in [0.15, 0.2) is 0 Å². The minimum atomic E-state index is -1.11. The van der Waals surface area contributed by atoms with Gasteiger partial charge in [0.2, 0.25) is 5.91 Å². The van der Waals surface area contributed by atoms with Gasteiger partial charge in [0.25, 0.3) is 11.6 Å². The number of anilines is 1. The van der Waals surface area contributed by atoms with Gasteiger partial charge in [-0.05, 0) is 31.5 Å². The quantitative estimate of drug-likeness (QED) is 0.475. The van der Waals surface area contributed by atoms with Gasteiger partial charge in [-0.25, -0.2) is 5.01 Å². The molecule has 0 atom stereocenters. The van der Waals surface area contributed by atoms with Crippen molar-refractivity contribution in [2.24, 2.45) is 0 Å². The summed E-state index contributed by atoms with van der Waals surface area (Å²) < 4.78 is 0. The van der Waals surface area contributed by atoms with Crippen molar-refractivity contribution in [3.05, 3.63) is 73.8 Å². The van der Waals surface area contributed by atoms with E-state index in [4.69, 9.17) is 5.11 Å². The Labute approximate surface area is 175 Å². The Hall–Kier alpha value is -4.35. The molecule has 0 radical (unpaired) electrons. The number of carboxylic acids is 1. The number of aliphatic carboxylic acids is 1. The number of carboxylic acid groups (broad SMARTS) is 1. The fourth-order valence-corrected chi connectivity index (χ4v) is 2.59. The van der Waals surface area contributed by atoms with E-state index < -0.39 is 39.0 Å². The summed E-state index contributed by atoms with van der Waals surface area (Å²) in [6.07, 6.45) is -0.558. The van der Waals surface area contributed by atoms with Crippen molar-refractivity contribution in [2.75, 3.05) is 5.01 Å². The normalized spacial score (nSPS) is 10.2. The summed E-state index contributed by atoms with van der Waals surface area (Å²) in [5.74, 6) is -2.68. The SMILES string of the molecule is Cc1ccc(C(=O)N(NC(=O)CCCC(=O)O)c2ccc([N+](=O)[O-])cc2[N+](=O)[O-])cc1. The predicted molar refractivity (Wildman–Crippen MR) is 107 cm³/mol. The monoisotopic (exact) mass is 430 g/mol. The number of nitrogens with one attached hydrogen (secondary N) is 1. The molecule has 0 aliphatic rings. The number of aryl methyl sites for hydroxylation is 1. The molecule has 2 N–H and O–H groups in total. The molecular formula is C19H18N4O8. The number of rotatable bonds is 8. The van der Waals surface area contributed by atoms with E-state index >= 15 is 0 Å². The van der Waals surface area contributed by atoms with Gasteiger partial charge in [-0.2, -0.15) is 0 Å². The third-order valence-corrected chi connectivity index (χ3v) is 4.14. The number of hydrogen-bond acceptors (Lipinski definition) is 7. The van der Waals surface area contributed by atoms with E-state index in [1.807, 2.05) is 0 Å². The minimum Gasteiger partial charge on any atom is -0.481 e. The summed E-state index contributed by atoms with van der Waals surface area (Å²) >= 11 is 0. The molecule has 0 spiro atoms. The van der Waals surface area contributed by atoms with Crippen LogP contribution in [-0.4, -0.2) is 32.7 Å². The zero-order chi connectivity index (χ0) is 23.1. The second-order valence-corrected chi connectivity index (χ2v) is 6.48. The van der Waals surface area contributed by atoms with E-state index in [0.717, 1.165) is 17.7 Å². The molecule has 12 nitrogen and oxygen atoms in total. The Morgan fingerprint density at radius 1 is 1.00 bits per heavy atom. The van der Waals surface area contributed by atoms with E-state index in [2.05, 4.69) is 5.43 Å². The number of benzene rings is 2. The van der Waals surface area contributed by atoms with Gasteiger partial charge in [-0.3, -0.25) is 40.0 Å². The molecule has 0 aliphatic heterocycles. The summed E-state index contributed by atoms with van der Waals surface area (Å²) in [5, 5.41) is 31.8. The maximum Gasteiger partial charge on any atom is 0.303 e. The number of nitro groups is 2. The van der Waals surface area contributed by atoms with Crippen molar-refractivity contribution in [1.29, 1.82) is 0 Å². The topological polar surface area (TPSA) is 173 Å². The maximum atomic E-state index is 13.0. The Bertz CT molecular complexity index is 1040. The number of carbonyl (C=O) groups is 3. The van der Waals surface area contributed by atoms with E-state index in [0.29, 0.717) is 11.1 Å². The molecule has 0 aromatic heterocycles. The van der Waals surface area contributed by atoms with Crippen LogP contribution >= 0.6 is 0 Å². The highest BCUT2D eigenvalue weighted by atomic mass is 16.6. The lowest BCUT2D eigenvalue weighted by Crippen LogP contribution is -2.46. The molecule has 0 aliphatic carbocycles. The van der Waals surface area contributed by atoms with Crippen molar-refractivity contribution in [3.8, 4) is 0 Å². The lowest BCUT2D eigenvalue weighted by molar-refractivity contribution is -0.393. The number of hydrogen-bond donors (Lipinski definition) is 2. The Morgan fingerprint density at radius 3 is 2.19 bits per heavy atom. The number of amides is 2. The number of hydrazine groups is 1. The zero-order valence-electron chi connectivity index (χ0n) is 16.3. The molecule has 0 bridgehead atoms. The molecule has 31 heavy (non-hydrogen) atoms. The highest BCUT2D eigenvalue weighted by molar-refractivity contribution is 6.08. The van der Waals surface area contributed by atoms with E-state index in [-0.39, 0.29) is 30.5 Å².